The molecular weight excluding hydrogens is 466 g/mol. The van der Waals surface area contributed by atoms with Gasteiger partial charge in [-0.15, -0.1) is 0 Å². The van der Waals surface area contributed by atoms with Crippen LogP contribution in [0.5, 0.6) is 0 Å². The molecule has 0 radical (unpaired) electrons. The maximum Gasteiger partial charge on any atom is 0.255 e. The third-order valence-electron chi connectivity index (χ3n) is 7.48. The molecule has 0 saturated carbocycles. The van der Waals surface area contributed by atoms with Crippen molar-refractivity contribution in [1.82, 2.24) is 19.9 Å². The second-order valence-electron chi connectivity index (χ2n) is 10.1. The van der Waals surface area contributed by atoms with Gasteiger partial charge in [0.2, 0.25) is 17.6 Å². The first-order valence-electron chi connectivity index (χ1n) is 13.4. The Morgan fingerprint density at radius 1 is 0.946 bits per heavy atom. The average Bonchev–Trinajstić information content (AvgIpc) is 3.20. The van der Waals surface area contributed by atoms with E-state index in [0.29, 0.717) is 29.5 Å². The minimum atomic E-state index is -0.0946. The van der Waals surface area contributed by atoms with Crippen molar-refractivity contribution in [3.8, 4) is 11.4 Å². The standard InChI is InChI=1S/C29H35N5O3/c1-21-10-4-5-11-23(21)27-31-26(37-32-27)20-33-18-14-22(15-19-33)28(35)30-25-13-7-6-12-24(25)29(36)34-16-8-2-3-9-17-34/h4-7,10-13,22H,2-3,8-9,14-20H2,1H3,(H,30,35). The Balaban J connectivity index is 1.15. The van der Waals surface area contributed by atoms with E-state index in [1.807, 2.05) is 60.4 Å². The summed E-state index contributed by atoms with van der Waals surface area (Å²) in [5.41, 5.74) is 3.27. The van der Waals surface area contributed by atoms with Crippen LogP contribution in [0.15, 0.2) is 53.1 Å². The lowest BCUT2D eigenvalue weighted by atomic mass is 9.95. The predicted octanol–water partition coefficient (Wildman–Crippen LogP) is 4.91. The van der Waals surface area contributed by atoms with E-state index < -0.39 is 0 Å². The van der Waals surface area contributed by atoms with Gasteiger partial charge in [0.15, 0.2) is 0 Å². The SMILES string of the molecule is Cc1ccccc1-c1noc(CN2CCC(C(=O)Nc3ccccc3C(=O)N3CCCCCC3)CC2)n1. The van der Waals surface area contributed by atoms with Crippen LogP contribution in [-0.2, 0) is 11.3 Å². The highest BCUT2D eigenvalue weighted by Crippen LogP contribution is 2.25. The van der Waals surface area contributed by atoms with E-state index in [-0.39, 0.29) is 17.7 Å². The molecule has 37 heavy (non-hydrogen) atoms. The molecule has 1 aromatic heterocycles. The Labute approximate surface area is 218 Å². The van der Waals surface area contributed by atoms with Crippen molar-refractivity contribution in [2.45, 2.75) is 52.0 Å². The molecule has 2 aromatic carbocycles. The molecule has 1 N–H and O–H groups in total. The summed E-state index contributed by atoms with van der Waals surface area (Å²) in [7, 11) is 0. The van der Waals surface area contributed by atoms with Crippen molar-refractivity contribution in [2.75, 3.05) is 31.5 Å². The number of piperidine rings is 1. The average molecular weight is 502 g/mol. The number of carbonyl (C=O) groups is 2. The maximum absolute atomic E-state index is 13.2. The van der Waals surface area contributed by atoms with E-state index >= 15 is 0 Å². The monoisotopic (exact) mass is 501 g/mol. The summed E-state index contributed by atoms with van der Waals surface area (Å²) in [4.78, 5) is 35.1. The van der Waals surface area contributed by atoms with E-state index in [0.717, 1.165) is 63.0 Å². The molecule has 0 spiro atoms. The first kappa shape index (κ1) is 25.1. The van der Waals surface area contributed by atoms with Gasteiger partial charge in [-0.05, 0) is 63.4 Å². The lowest BCUT2D eigenvalue weighted by Gasteiger charge is -2.30. The fourth-order valence-electron chi connectivity index (χ4n) is 5.25. The molecule has 8 nitrogen and oxygen atoms in total. The fraction of sp³-hybridized carbons (Fsp3) is 0.448. The van der Waals surface area contributed by atoms with Gasteiger partial charge in [-0.3, -0.25) is 14.5 Å². The molecule has 2 amide bonds. The van der Waals surface area contributed by atoms with Gasteiger partial charge in [0.1, 0.15) is 0 Å². The molecule has 2 fully saturated rings. The van der Waals surface area contributed by atoms with Crippen molar-refractivity contribution < 1.29 is 14.1 Å². The molecule has 0 bridgehead atoms. The molecule has 2 aliphatic heterocycles. The molecule has 3 aromatic rings. The maximum atomic E-state index is 13.2. The zero-order chi connectivity index (χ0) is 25.6. The lowest BCUT2D eigenvalue weighted by Crippen LogP contribution is -2.38. The molecule has 3 heterocycles. The Hall–Kier alpha value is -3.52. The zero-order valence-electron chi connectivity index (χ0n) is 21.5. The summed E-state index contributed by atoms with van der Waals surface area (Å²) in [6, 6.07) is 15.4. The van der Waals surface area contributed by atoms with Crippen LogP contribution < -0.4 is 5.32 Å². The van der Waals surface area contributed by atoms with Gasteiger partial charge >= 0.3 is 0 Å². The molecule has 2 aliphatic rings. The second kappa shape index (κ2) is 11.7. The van der Waals surface area contributed by atoms with Crippen molar-refractivity contribution in [2.24, 2.45) is 5.92 Å². The van der Waals surface area contributed by atoms with E-state index in [4.69, 9.17) is 4.52 Å². The number of rotatable bonds is 6. The van der Waals surface area contributed by atoms with Crippen LogP contribution in [-0.4, -0.2) is 57.9 Å². The molecule has 2 saturated heterocycles. The van der Waals surface area contributed by atoms with Crippen LogP contribution in [0, 0.1) is 12.8 Å². The van der Waals surface area contributed by atoms with Gasteiger partial charge in [0.25, 0.3) is 5.91 Å². The quantitative estimate of drug-likeness (QED) is 0.516. The summed E-state index contributed by atoms with van der Waals surface area (Å²) in [6.07, 6.45) is 5.90. The van der Waals surface area contributed by atoms with E-state index in [1.165, 1.54) is 12.8 Å². The Morgan fingerprint density at radius 2 is 1.65 bits per heavy atom. The number of anilines is 1. The Morgan fingerprint density at radius 3 is 2.41 bits per heavy atom. The minimum Gasteiger partial charge on any atom is -0.339 e. The molecule has 194 valence electrons. The van der Waals surface area contributed by atoms with Gasteiger partial charge in [0.05, 0.1) is 17.8 Å². The van der Waals surface area contributed by atoms with Gasteiger partial charge in [-0.1, -0.05) is 54.4 Å². The molecule has 0 aliphatic carbocycles. The number of nitrogens with one attached hydrogen (secondary N) is 1. The number of nitrogens with zero attached hydrogens (tertiary/aromatic N) is 4. The highest BCUT2D eigenvalue weighted by atomic mass is 16.5. The van der Waals surface area contributed by atoms with Crippen molar-refractivity contribution in [1.29, 1.82) is 0 Å². The van der Waals surface area contributed by atoms with Crippen LogP contribution >= 0.6 is 0 Å². The van der Waals surface area contributed by atoms with E-state index in [2.05, 4.69) is 20.4 Å². The third kappa shape index (κ3) is 6.07. The number of hydrogen-bond acceptors (Lipinski definition) is 6. The zero-order valence-corrected chi connectivity index (χ0v) is 21.5. The summed E-state index contributed by atoms with van der Waals surface area (Å²) >= 11 is 0. The Bertz CT molecular complexity index is 1220. The predicted molar refractivity (Wildman–Crippen MR) is 142 cm³/mol. The summed E-state index contributed by atoms with van der Waals surface area (Å²) in [5, 5.41) is 7.22. The topological polar surface area (TPSA) is 91.6 Å². The number of benzene rings is 2. The van der Waals surface area contributed by atoms with Crippen LogP contribution in [0.1, 0.15) is 60.3 Å². The normalized spacial score (nSPS) is 17.4. The number of para-hydroxylation sites is 1. The number of hydrogen-bond donors (Lipinski definition) is 1. The van der Waals surface area contributed by atoms with Crippen LogP contribution in [0.2, 0.25) is 0 Å². The molecule has 8 heteroatoms. The number of amides is 2. The minimum absolute atomic E-state index is 0.0113. The molecule has 0 atom stereocenters. The molecular formula is C29H35N5O3. The molecule has 0 unspecified atom stereocenters. The van der Waals surface area contributed by atoms with Crippen molar-refractivity contribution in [3.63, 3.8) is 0 Å². The van der Waals surface area contributed by atoms with E-state index in [9.17, 15) is 9.59 Å². The first-order chi connectivity index (χ1) is 18.1. The largest absolute Gasteiger partial charge is 0.339 e. The highest BCUT2D eigenvalue weighted by molar-refractivity contribution is 6.04. The fourth-order valence-corrected chi connectivity index (χ4v) is 5.25. The summed E-state index contributed by atoms with van der Waals surface area (Å²) in [6.45, 7) is 5.71. The van der Waals surface area contributed by atoms with Crippen molar-refractivity contribution in [3.05, 3.63) is 65.5 Å². The second-order valence-corrected chi connectivity index (χ2v) is 10.1. The van der Waals surface area contributed by atoms with Gasteiger partial charge < -0.3 is 14.7 Å². The third-order valence-corrected chi connectivity index (χ3v) is 7.48. The number of carbonyl (C=O) groups excluding carboxylic acids is 2. The van der Waals surface area contributed by atoms with Gasteiger partial charge in [-0.25, -0.2) is 0 Å². The highest BCUT2D eigenvalue weighted by Gasteiger charge is 2.28. The van der Waals surface area contributed by atoms with Gasteiger partial charge in [0, 0.05) is 24.6 Å². The van der Waals surface area contributed by atoms with Crippen LogP contribution in [0.3, 0.4) is 0 Å². The molecule has 5 rings (SSSR count). The smallest absolute Gasteiger partial charge is 0.255 e. The summed E-state index contributed by atoms with van der Waals surface area (Å²) in [5.74, 6) is 1.09. The van der Waals surface area contributed by atoms with Crippen LogP contribution in [0.4, 0.5) is 5.69 Å². The lowest BCUT2D eigenvalue weighted by molar-refractivity contribution is -0.121. The number of likely N-dealkylation sites (tertiary alicyclic amines) is 2. The van der Waals surface area contributed by atoms with E-state index in [1.54, 1.807) is 0 Å². The van der Waals surface area contributed by atoms with Crippen molar-refractivity contribution >= 4 is 17.5 Å². The van der Waals surface area contributed by atoms with Gasteiger partial charge in [-0.2, -0.15) is 4.98 Å². The summed E-state index contributed by atoms with van der Waals surface area (Å²) < 4.78 is 5.51. The number of aryl methyl sites for hydroxylation is 1. The first-order valence-corrected chi connectivity index (χ1v) is 13.4. The number of aromatic nitrogens is 2. The Kier molecular flexibility index (Phi) is 7.94. The van der Waals surface area contributed by atoms with Crippen LogP contribution in [0.25, 0.3) is 11.4 Å².